The van der Waals surface area contributed by atoms with Gasteiger partial charge in [0.15, 0.2) is 17.3 Å². The van der Waals surface area contributed by atoms with E-state index in [0.29, 0.717) is 52.0 Å². The largest absolute Gasteiger partial charge is 0.493 e. The minimum atomic E-state index is -0.554. The second kappa shape index (κ2) is 8.35. The van der Waals surface area contributed by atoms with Gasteiger partial charge in [0.25, 0.3) is 0 Å². The molecule has 0 aromatic heterocycles. The third-order valence-corrected chi connectivity index (χ3v) is 5.35. The number of ether oxygens (including phenoxy) is 5. The normalized spacial score (nSPS) is 14.7. The van der Waals surface area contributed by atoms with Crippen LogP contribution in [0.3, 0.4) is 0 Å². The summed E-state index contributed by atoms with van der Waals surface area (Å²) in [5, 5.41) is 0. The lowest BCUT2D eigenvalue weighted by Gasteiger charge is -2.10. The molecular weight excluding hydrogens is 424 g/mol. The summed E-state index contributed by atoms with van der Waals surface area (Å²) < 4.78 is 27.7. The number of Topliss-reactive ketones (excluding diaryl/α,β-unsaturated/α-hetero) is 1. The summed E-state index contributed by atoms with van der Waals surface area (Å²) in [4.78, 5) is 25.6. The molecule has 0 saturated heterocycles. The number of para-hydroxylation sites is 1. The molecule has 0 fully saturated rings. The lowest BCUT2D eigenvalue weighted by molar-refractivity contribution is 0.0732. The van der Waals surface area contributed by atoms with Crippen LogP contribution < -0.4 is 23.7 Å². The topological polar surface area (TPSA) is 80.3 Å². The van der Waals surface area contributed by atoms with Gasteiger partial charge < -0.3 is 23.7 Å². The van der Waals surface area contributed by atoms with Gasteiger partial charge in [0.05, 0.1) is 17.7 Å². The van der Waals surface area contributed by atoms with E-state index in [1.807, 2.05) is 31.2 Å². The Hall–Kier alpha value is -4.26. The van der Waals surface area contributed by atoms with Crippen molar-refractivity contribution in [2.24, 2.45) is 0 Å². The first kappa shape index (κ1) is 20.6. The Morgan fingerprint density at radius 1 is 1.03 bits per heavy atom. The highest BCUT2D eigenvalue weighted by atomic mass is 16.7. The minimum absolute atomic E-state index is 0.119. The first-order chi connectivity index (χ1) is 16.0. The van der Waals surface area contributed by atoms with Crippen molar-refractivity contribution < 1.29 is 33.3 Å². The number of benzene rings is 3. The van der Waals surface area contributed by atoms with Crippen LogP contribution in [-0.4, -0.2) is 25.2 Å². The van der Waals surface area contributed by atoms with Crippen molar-refractivity contribution in [3.63, 3.8) is 0 Å². The van der Waals surface area contributed by atoms with Crippen LogP contribution in [0.5, 0.6) is 28.7 Å². The van der Waals surface area contributed by atoms with Gasteiger partial charge in [-0.2, -0.15) is 0 Å². The molecule has 7 nitrogen and oxygen atoms in total. The number of hydrogen-bond donors (Lipinski definition) is 0. The Balaban J connectivity index is 1.40. The molecule has 5 rings (SSSR count). The van der Waals surface area contributed by atoms with Gasteiger partial charge in [0, 0.05) is 11.1 Å². The quantitative estimate of drug-likeness (QED) is 0.313. The van der Waals surface area contributed by atoms with Gasteiger partial charge in [-0.3, -0.25) is 4.79 Å². The van der Waals surface area contributed by atoms with E-state index in [2.05, 4.69) is 0 Å². The van der Waals surface area contributed by atoms with Crippen LogP contribution in [0, 0.1) is 6.92 Å². The number of carbonyl (C=O) groups excluding carboxylic acids is 2. The van der Waals surface area contributed by atoms with Crippen LogP contribution in [0.25, 0.3) is 6.08 Å². The fourth-order valence-corrected chi connectivity index (χ4v) is 3.69. The summed E-state index contributed by atoms with van der Waals surface area (Å²) in [6, 6.07) is 15.4. The van der Waals surface area contributed by atoms with Crippen molar-refractivity contribution in [2.75, 3.05) is 13.4 Å². The van der Waals surface area contributed by atoms with E-state index in [-0.39, 0.29) is 18.3 Å². The van der Waals surface area contributed by atoms with Gasteiger partial charge in [0.1, 0.15) is 17.2 Å². The molecule has 0 aliphatic carbocycles. The first-order valence-electron chi connectivity index (χ1n) is 10.5. The van der Waals surface area contributed by atoms with Crippen molar-refractivity contribution in [1.82, 2.24) is 0 Å². The predicted octanol–water partition coefficient (Wildman–Crippen LogP) is 4.96. The lowest BCUT2D eigenvalue weighted by atomic mass is 10.1. The molecule has 33 heavy (non-hydrogen) atoms. The number of fused-ring (bicyclic) bond motifs is 2. The molecule has 2 aliphatic rings. The zero-order chi connectivity index (χ0) is 22.9. The maximum absolute atomic E-state index is 12.9. The number of ketones is 1. The number of esters is 1. The predicted molar refractivity (Wildman–Crippen MR) is 119 cm³/mol. The Labute approximate surface area is 190 Å². The molecule has 7 heteroatoms. The van der Waals surface area contributed by atoms with Crippen LogP contribution in [0.1, 0.15) is 38.8 Å². The smallest absolute Gasteiger partial charge is 0.343 e. The van der Waals surface area contributed by atoms with Gasteiger partial charge in [-0.15, -0.1) is 0 Å². The average molecular weight is 444 g/mol. The standard InChI is InChI=1S/C26H20O7/c1-3-29-20-7-5-4-6-16(20)12-23-24(27)18-9-11-19(15(2)25(18)32-23)33-26(28)17-8-10-21-22(13-17)31-14-30-21/h4-13H,3,14H2,1-2H3/b23-12-. The maximum Gasteiger partial charge on any atom is 0.343 e. The molecule has 0 unspecified atom stereocenters. The Bertz CT molecular complexity index is 1310. The van der Waals surface area contributed by atoms with E-state index >= 15 is 0 Å². The number of hydrogen-bond acceptors (Lipinski definition) is 7. The van der Waals surface area contributed by atoms with Crippen molar-refractivity contribution in [1.29, 1.82) is 0 Å². The molecule has 0 radical (unpaired) electrons. The van der Waals surface area contributed by atoms with Crippen LogP contribution in [0.2, 0.25) is 0 Å². The Morgan fingerprint density at radius 3 is 2.70 bits per heavy atom. The van der Waals surface area contributed by atoms with Gasteiger partial charge in [0.2, 0.25) is 12.6 Å². The first-order valence-corrected chi connectivity index (χ1v) is 10.5. The zero-order valence-electron chi connectivity index (χ0n) is 18.0. The fraction of sp³-hybridized carbons (Fsp3) is 0.154. The minimum Gasteiger partial charge on any atom is -0.493 e. The Kier molecular flexibility index (Phi) is 5.22. The van der Waals surface area contributed by atoms with E-state index in [9.17, 15) is 9.59 Å². The summed E-state index contributed by atoms with van der Waals surface area (Å²) in [7, 11) is 0. The highest BCUT2D eigenvalue weighted by Gasteiger charge is 2.31. The van der Waals surface area contributed by atoms with E-state index in [0.717, 1.165) is 5.56 Å². The second-order valence-corrected chi connectivity index (χ2v) is 7.43. The number of carbonyl (C=O) groups is 2. The SMILES string of the molecule is CCOc1ccccc1/C=C1\Oc2c(ccc(OC(=O)c3ccc4c(c3)OCO4)c2C)C1=O. The summed E-state index contributed by atoms with van der Waals surface area (Å²) in [5.74, 6) is 1.80. The molecule has 2 heterocycles. The van der Waals surface area contributed by atoms with Crippen molar-refractivity contribution in [3.8, 4) is 28.7 Å². The molecule has 2 aliphatic heterocycles. The number of rotatable bonds is 5. The third kappa shape index (κ3) is 3.78. The van der Waals surface area contributed by atoms with E-state index in [4.69, 9.17) is 23.7 Å². The van der Waals surface area contributed by atoms with Crippen molar-refractivity contribution in [3.05, 3.63) is 82.6 Å². The van der Waals surface area contributed by atoms with E-state index in [1.54, 1.807) is 43.3 Å². The van der Waals surface area contributed by atoms with Gasteiger partial charge in [-0.25, -0.2) is 4.79 Å². The molecule has 0 atom stereocenters. The van der Waals surface area contributed by atoms with Crippen LogP contribution in [0.15, 0.2) is 60.4 Å². The summed E-state index contributed by atoms with van der Waals surface area (Å²) >= 11 is 0. The van der Waals surface area contributed by atoms with Crippen LogP contribution in [-0.2, 0) is 0 Å². The second-order valence-electron chi connectivity index (χ2n) is 7.43. The van der Waals surface area contributed by atoms with Gasteiger partial charge in [-0.05, 0) is 56.3 Å². The monoisotopic (exact) mass is 444 g/mol. The third-order valence-electron chi connectivity index (χ3n) is 5.35. The highest BCUT2D eigenvalue weighted by Crippen LogP contribution is 2.40. The van der Waals surface area contributed by atoms with E-state index < -0.39 is 5.97 Å². The van der Waals surface area contributed by atoms with Gasteiger partial charge in [-0.1, -0.05) is 18.2 Å². The maximum atomic E-state index is 12.9. The van der Waals surface area contributed by atoms with Crippen LogP contribution >= 0.6 is 0 Å². The zero-order valence-corrected chi connectivity index (χ0v) is 18.0. The number of allylic oxidation sites excluding steroid dienone is 1. The van der Waals surface area contributed by atoms with Crippen molar-refractivity contribution >= 4 is 17.8 Å². The lowest BCUT2D eigenvalue weighted by Crippen LogP contribution is -2.09. The molecule has 0 N–H and O–H groups in total. The molecule has 3 aromatic rings. The average Bonchev–Trinajstić information content (AvgIpc) is 3.41. The molecule has 166 valence electrons. The Morgan fingerprint density at radius 2 is 1.85 bits per heavy atom. The van der Waals surface area contributed by atoms with E-state index in [1.165, 1.54) is 0 Å². The molecule has 0 amide bonds. The molecular formula is C26H20O7. The summed E-state index contributed by atoms with van der Waals surface area (Å²) in [6.07, 6.45) is 1.66. The fourth-order valence-electron chi connectivity index (χ4n) is 3.69. The summed E-state index contributed by atoms with van der Waals surface area (Å²) in [5.41, 5.74) is 2.03. The van der Waals surface area contributed by atoms with Crippen LogP contribution in [0.4, 0.5) is 0 Å². The van der Waals surface area contributed by atoms with Crippen molar-refractivity contribution in [2.45, 2.75) is 13.8 Å². The molecule has 0 spiro atoms. The van der Waals surface area contributed by atoms with Gasteiger partial charge >= 0.3 is 5.97 Å². The summed E-state index contributed by atoms with van der Waals surface area (Å²) in [6.45, 7) is 4.26. The molecule has 0 saturated carbocycles. The molecule has 0 bridgehead atoms. The highest BCUT2D eigenvalue weighted by molar-refractivity contribution is 6.15. The molecule has 3 aromatic carbocycles.